The van der Waals surface area contributed by atoms with Gasteiger partial charge in [-0.2, -0.15) is 13.2 Å². The molecule has 0 spiro atoms. The van der Waals surface area contributed by atoms with Crippen molar-refractivity contribution in [2.75, 3.05) is 26.5 Å². The maximum Gasteiger partial charge on any atom is 0.430 e. The number of nitrogens with two attached hydrogens (primary N) is 1. The van der Waals surface area contributed by atoms with Gasteiger partial charge in [-0.15, -0.1) is 0 Å². The molecule has 0 unspecified atom stereocenters. The number of ether oxygens (including phenoxy) is 2. The van der Waals surface area contributed by atoms with E-state index >= 15 is 0 Å². The van der Waals surface area contributed by atoms with Crippen molar-refractivity contribution >= 4 is 17.4 Å². The first-order valence-corrected chi connectivity index (χ1v) is 10.1. The third-order valence-electron chi connectivity index (χ3n) is 4.96. The van der Waals surface area contributed by atoms with Crippen LogP contribution in [0.4, 0.5) is 23.7 Å². The lowest BCUT2D eigenvalue weighted by atomic mass is 9.99. The molecule has 8 nitrogen and oxygen atoms in total. The predicted octanol–water partition coefficient (Wildman–Crippen LogP) is 4.26. The Labute approximate surface area is 196 Å². The molecule has 0 fully saturated rings. The highest BCUT2D eigenvalue weighted by atomic mass is 19.4. The zero-order valence-electron chi connectivity index (χ0n) is 19.6. The number of carbonyl (C=O) groups excluding carboxylic acids is 1. The molecule has 0 heterocycles. The summed E-state index contributed by atoms with van der Waals surface area (Å²) < 4.78 is 50.4. The Morgan fingerprint density at radius 1 is 1.21 bits per heavy atom. The molecule has 0 aliphatic rings. The zero-order valence-corrected chi connectivity index (χ0v) is 19.6. The van der Waals surface area contributed by atoms with Crippen LogP contribution >= 0.6 is 0 Å². The fraction of sp³-hybridized carbons (Fsp3) is 0.304. The average molecular weight is 480 g/mol. The van der Waals surface area contributed by atoms with E-state index in [1.54, 1.807) is 44.2 Å². The molecule has 0 radical (unpaired) electrons. The summed E-state index contributed by atoms with van der Waals surface area (Å²) in [4.78, 5) is 12.0. The van der Waals surface area contributed by atoms with E-state index in [0.29, 0.717) is 39.4 Å². The van der Waals surface area contributed by atoms with E-state index in [1.807, 2.05) is 0 Å². The molecule has 184 valence electrons. The first-order valence-electron chi connectivity index (χ1n) is 10.1. The topological polar surface area (TPSA) is 113 Å². The lowest BCUT2D eigenvalue weighted by molar-refractivity contribution is -0.0958. The van der Waals surface area contributed by atoms with Crippen LogP contribution in [-0.4, -0.2) is 44.1 Å². The fourth-order valence-electron chi connectivity index (χ4n) is 3.13. The Kier molecular flexibility index (Phi) is 8.52. The zero-order chi connectivity index (χ0) is 25.6. The van der Waals surface area contributed by atoms with Gasteiger partial charge in [-0.05, 0) is 55.3 Å². The summed E-state index contributed by atoms with van der Waals surface area (Å²) >= 11 is 0. The van der Waals surface area contributed by atoms with Crippen LogP contribution in [-0.2, 0) is 6.61 Å². The van der Waals surface area contributed by atoms with Gasteiger partial charge in [0.25, 0.3) is 0 Å². The maximum atomic E-state index is 13.0. The maximum absolute atomic E-state index is 13.0. The molecule has 2 aromatic carbocycles. The van der Waals surface area contributed by atoms with E-state index < -0.39 is 17.9 Å². The summed E-state index contributed by atoms with van der Waals surface area (Å²) in [6, 6.07) is 7.82. The second-order valence-corrected chi connectivity index (χ2v) is 7.47. The monoisotopic (exact) mass is 479 g/mol. The van der Waals surface area contributed by atoms with Gasteiger partial charge in [-0.1, -0.05) is 6.07 Å². The quantitative estimate of drug-likeness (QED) is 0.196. The van der Waals surface area contributed by atoms with Crippen molar-refractivity contribution in [1.82, 2.24) is 10.3 Å². The minimum absolute atomic E-state index is 0.0306. The number of aryl methyl sites for hydroxylation is 2. The van der Waals surface area contributed by atoms with Crippen molar-refractivity contribution in [3.05, 3.63) is 64.4 Å². The van der Waals surface area contributed by atoms with Gasteiger partial charge in [0.2, 0.25) is 0 Å². The van der Waals surface area contributed by atoms with Crippen LogP contribution in [0.2, 0.25) is 0 Å². The van der Waals surface area contributed by atoms with Crippen LogP contribution in [0, 0.1) is 19.3 Å². The molecule has 0 aliphatic heterocycles. The number of nitrogens with one attached hydrogen (secondary N) is 3. The summed E-state index contributed by atoms with van der Waals surface area (Å²) in [7, 11) is 4.05. The number of methoxy groups -OCH3 is 1. The SMILES string of the molecule is CN/C(=C\C(=N)c1cc(C)c(OCc2c(NC(=O)N(C)N)cccc2OC)cc1C)C(F)(F)F. The van der Waals surface area contributed by atoms with Gasteiger partial charge in [0.15, 0.2) is 0 Å². The normalized spacial score (nSPS) is 11.6. The highest BCUT2D eigenvalue weighted by molar-refractivity contribution is 6.08. The molecule has 11 heteroatoms. The highest BCUT2D eigenvalue weighted by Crippen LogP contribution is 2.31. The standard InChI is InChI=1S/C23H28F3N5O3/c1-13-10-20(14(2)9-15(13)17(27)11-21(29-3)23(24,25)26)34-12-16-18(30-22(32)31(4)28)7-6-8-19(16)33-5/h6-11,27,29H,12,28H2,1-5H3,(H,30,32)/b21-11-,27-17?. The second kappa shape index (κ2) is 10.9. The molecule has 0 saturated carbocycles. The van der Waals surface area contributed by atoms with Gasteiger partial charge < -0.3 is 25.5 Å². The number of alkyl halides is 3. The molecule has 34 heavy (non-hydrogen) atoms. The summed E-state index contributed by atoms with van der Waals surface area (Å²) in [6.45, 7) is 3.44. The minimum atomic E-state index is -4.59. The van der Waals surface area contributed by atoms with E-state index in [-0.39, 0.29) is 12.3 Å². The Morgan fingerprint density at radius 2 is 1.88 bits per heavy atom. The molecule has 0 aromatic heterocycles. The number of nitrogens with zero attached hydrogens (tertiary/aromatic N) is 1. The number of hydrogen-bond donors (Lipinski definition) is 4. The van der Waals surface area contributed by atoms with Crippen LogP contribution in [0.5, 0.6) is 11.5 Å². The number of carbonyl (C=O) groups is 1. The number of amides is 2. The van der Waals surface area contributed by atoms with E-state index in [4.69, 9.17) is 20.7 Å². The Morgan fingerprint density at radius 3 is 2.44 bits per heavy atom. The predicted molar refractivity (Wildman–Crippen MR) is 124 cm³/mol. The van der Waals surface area contributed by atoms with E-state index in [2.05, 4.69) is 10.6 Å². The molecule has 0 bridgehead atoms. The van der Waals surface area contributed by atoms with Crippen LogP contribution in [0.1, 0.15) is 22.3 Å². The molecular formula is C23H28F3N5O3. The Bertz CT molecular complexity index is 1100. The molecular weight excluding hydrogens is 451 g/mol. The molecule has 2 rings (SSSR count). The molecule has 2 aromatic rings. The first-order chi connectivity index (χ1) is 15.9. The van der Waals surface area contributed by atoms with Gasteiger partial charge in [-0.25, -0.2) is 10.6 Å². The third kappa shape index (κ3) is 6.41. The Hall–Kier alpha value is -3.73. The van der Waals surface area contributed by atoms with Gasteiger partial charge in [0.05, 0.1) is 24.1 Å². The summed E-state index contributed by atoms with van der Waals surface area (Å²) in [5.74, 6) is 6.44. The number of halogens is 3. The number of urea groups is 1. The second-order valence-electron chi connectivity index (χ2n) is 7.47. The number of hydrogen-bond acceptors (Lipinski definition) is 6. The van der Waals surface area contributed by atoms with Crippen molar-refractivity contribution < 1.29 is 27.4 Å². The van der Waals surface area contributed by atoms with Crippen LogP contribution in [0.15, 0.2) is 42.1 Å². The lowest BCUT2D eigenvalue weighted by Crippen LogP contribution is -2.37. The van der Waals surface area contributed by atoms with Crippen LogP contribution < -0.4 is 25.9 Å². The lowest BCUT2D eigenvalue weighted by Gasteiger charge is -2.19. The van der Waals surface area contributed by atoms with Gasteiger partial charge in [0, 0.05) is 19.7 Å². The number of hydrazine groups is 1. The van der Waals surface area contributed by atoms with Crippen LogP contribution in [0.3, 0.4) is 0 Å². The molecule has 0 aliphatic carbocycles. The average Bonchev–Trinajstić information content (AvgIpc) is 2.76. The summed E-state index contributed by atoms with van der Waals surface area (Å²) in [5, 5.41) is 13.8. The van der Waals surface area contributed by atoms with Gasteiger partial charge in [-0.3, -0.25) is 5.01 Å². The van der Waals surface area contributed by atoms with Crippen molar-refractivity contribution in [2.45, 2.75) is 26.6 Å². The van der Waals surface area contributed by atoms with Crippen molar-refractivity contribution in [3.8, 4) is 11.5 Å². The number of rotatable bonds is 8. The molecule has 0 saturated heterocycles. The molecule has 2 amide bonds. The largest absolute Gasteiger partial charge is 0.496 e. The number of anilines is 1. The summed E-state index contributed by atoms with van der Waals surface area (Å²) in [6.07, 6.45) is -3.84. The van der Waals surface area contributed by atoms with E-state index in [0.717, 1.165) is 18.1 Å². The van der Waals surface area contributed by atoms with Crippen molar-refractivity contribution in [2.24, 2.45) is 5.84 Å². The van der Waals surface area contributed by atoms with Crippen LogP contribution in [0.25, 0.3) is 0 Å². The third-order valence-corrected chi connectivity index (χ3v) is 4.96. The molecule has 0 atom stereocenters. The Balaban J connectivity index is 2.32. The number of allylic oxidation sites excluding steroid dienone is 2. The van der Waals surface area contributed by atoms with Gasteiger partial charge >= 0.3 is 12.2 Å². The van der Waals surface area contributed by atoms with Crippen molar-refractivity contribution in [1.29, 1.82) is 5.41 Å². The molecule has 5 N–H and O–H groups in total. The highest BCUT2D eigenvalue weighted by Gasteiger charge is 2.33. The van der Waals surface area contributed by atoms with Gasteiger partial charge in [0.1, 0.15) is 23.8 Å². The minimum Gasteiger partial charge on any atom is -0.496 e. The smallest absolute Gasteiger partial charge is 0.430 e. The number of benzene rings is 2. The van der Waals surface area contributed by atoms with Crippen molar-refractivity contribution in [3.63, 3.8) is 0 Å². The fourth-order valence-corrected chi connectivity index (χ4v) is 3.13. The summed E-state index contributed by atoms with van der Waals surface area (Å²) in [5.41, 5.74) is 1.26. The van der Waals surface area contributed by atoms with E-state index in [9.17, 15) is 18.0 Å². The van der Waals surface area contributed by atoms with E-state index in [1.165, 1.54) is 14.2 Å². The first kappa shape index (κ1) is 26.5.